The molecule has 9 nitrogen and oxygen atoms in total. The zero-order valence-corrected chi connectivity index (χ0v) is 19.5. The second kappa shape index (κ2) is 9.36. The summed E-state index contributed by atoms with van der Waals surface area (Å²) in [7, 11) is 1.62. The van der Waals surface area contributed by atoms with Crippen molar-refractivity contribution >= 4 is 39.9 Å². The summed E-state index contributed by atoms with van der Waals surface area (Å²) in [6.07, 6.45) is 8.67. The summed E-state index contributed by atoms with van der Waals surface area (Å²) in [5, 5.41) is 8.79. The molecule has 0 radical (unpaired) electrons. The number of pyridine rings is 1. The minimum Gasteiger partial charge on any atom is -0.493 e. The molecule has 0 spiro atoms. The number of halogens is 1. The molecule has 5 rings (SSSR count). The number of methoxy groups -OCH3 is 1. The highest BCUT2D eigenvalue weighted by Gasteiger charge is 2.25. The zero-order chi connectivity index (χ0) is 23.7. The summed E-state index contributed by atoms with van der Waals surface area (Å²) in [6.45, 7) is 2.04. The molecule has 1 aliphatic rings. The van der Waals surface area contributed by atoms with Crippen LogP contribution in [0.15, 0.2) is 49.1 Å². The molecule has 176 valence electrons. The van der Waals surface area contributed by atoms with Crippen molar-refractivity contribution < 1.29 is 9.53 Å². The fourth-order valence-electron chi connectivity index (χ4n) is 4.40. The van der Waals surface area contributed by atoms with Gasteiger partial charge in [0.25, 0.3) is 5.91 Å². The van der Waals surface area contributed by atoms with E-state index in [-0.39, 0.29) is 11.9 Å². The maximum Gasteiger partial charge on any atom is 0.258 e. The third-order valence-corrected chi connectivity index (χ3v) is 6.44. The summed E-state index contributed by atoms with van der Waals surface area (Å²) in [4.78, 5) is 22.9. The van der Waals surface area contributed by atoms with Gasteiger partial charge in [0.2, 0.25) is 0 Å². The molecule has 1 saturated heterocycles. The maximum absolute atomic E-state index is 13.1. The molecule has 0 saturated carbocycles. The summed E-state index contributed by atoms with van der Waals surface area (Å²) in [5.41, 5.74) is 9.79. The summed E-state index contributed by atoms with van der Waals surface area (Å²) in [6, 6.07) is 7.65. The third-order valence-electron chi connectivity index (χ3n) is 6.07. The number of nitrogens with zero attached hydrogens (tertiary/aromatic N) is 4. The molecule has 0 bridgehead atoms. The first-order chi connectivity index (χ1) is 16.5. The molecule has 10 heteroatoms. The minimum absolute atomic E-state index is 0.0858. The van der Waals surface area contributed by atoms with E-state index in [0.29, 0.717) is 40.8 Å². The van der Waals surface area contributed by atoms with Crippen LogP contribution in [0.25, 0.3) is 11.0 Å². The fourth-order valence-corrected chi connectivity index (χ4v) is 4.59. The largest absolute Gasteiger partial charge is 0.493 e. The van der Waals surface area contributed by atoms with Gasteiger partial charge in [-0.1, -0.05) is 29.8 Å². The number of anilines is 2. The molecule has 1 aromatic carbocycles. The van der Waals surface area contributed by atoms with Crippen LogP contribution in [0.1, 0.15) is 28.8 Å². The van der Waals surface area contributed by atoms with Crippen LogP contribution in [-0.2, 0) is 6.54 Å². The van der Waals surface area contributed by atoms with E-state index in [4.69, 9.17) is 22.1 Å². The van der Waals surface area contributed by atoms with Crippen LogP contribution in [0.5, 0.6) is 5.75 Å². The van der Waals surface area contributed by atoms with Crippen molar-refractivity contribution in [1.82, 2.24) is 19.7 Å². The molecule has 4 N–H and O–H groups in total. The lowest BCUT2D eigenvalue weighted by Gasteiger charge is -2.34. The van der Waals surface area contributed by atoms with E-state index >= 15 is 0 Å². The molecule has 3 aromatic heterocycles. The van der Waals surface area contributed by atoms with Gasteiger partial charge in [0.05, 0.1) is 48.4 Å². The normalized spacial score (nSPS) is 16.1. The van der Waals surface area contributed by atoms with Crippen LogP contribution >= 0.6 is 11.6 Å². The topological polar surface area (TPSA) is 114 Å². The van der Waals surface area contributed by atoms with E-state index < -0.39 is 0 Å². The van der Waals surface area contributed by atoms with E-state index in [1.165, 1.54) is 0 Å². The minimum atomic E-state index is -0.268. The predicted molar refractivity (Wildman–Crippen MR) is 133 cm³/mol. The molecular formula is C24H26ClN7O2. The Balaban J connectivity index is 1.42. The van der Waals surface area contributed by atoms with Gasteiger partial charge < -0.3 is 25.7 Å². The molecule has 1 atom stereocenters. The van der Waals surface area contributed by atoms with E-state index in [1.54, 1.807) is 36.6 Å². The third kappa shape index (κ3) is 4.32. The molecule has 4 aromatic rings. The van der Waals surface area contributed by atoms with Crippen LogP contribution in [0.3, 0.4) is 0 Å². The van der Waals surface area contributed by atoms with Gasteiger partial charge in [-0.05, 0) is 24.5 Å². The molecule has 0 aliphatic carbocycles. The smallest absolute Gasteiger partial charge is 0.258 e. The average molecular weight is 480 g/mol. The number of amides is 1. The number of rotatable bonds is 6. The summed E-state index contributed by atoms with van der Waals surface area (Å²) in [5.74, 6) is 0.375. The number of nitrogens with two attached hydrogens (primary N) is 1. The number of nitrogens with one attached hydrogen (secondary N) is 2. The maximum atomic E-state index is 13.1. The Kier molecular flexibility index (Phi) is 6.12. The van der Waals surface area contributed by atoms with Gasteiger partial charge in [-0.25, -0.2) is 4.98 Å². The lowest BCUT2D eigenvalue weighted by atomic mass is 10.0. The number of benzene rings is 1. The summed E-state index contributed by atoms with van der Waals surface area (Å²) < 4.78 is 7.32. The SMILES string of the molecule is COc1cnc2[nH]cc(NC(=O)c3cnn(Cc4ccccc4Cl)c3)c2c1N1CCC[C@@H](N)C1. The van der Waals surface area contributed by atoms with Crippen LogP contribution in [0, 0.1) is 0 Å². The highest BCUT2D eigenvalue weighted by molar-refractivity contribution is 6.31. The lowest BCUT2D eigenvalue weighted by Crippen LogP contribution is -2.43. The molecule has 1 amide bonds. The first-order valence-electron chi connectivity index (χ1n) is 11.2. The molecule has 1 fully saturated rings. The van der Waals surface area contributed by atoms with Crippen molar-refractivity contribution in [1.29, 1.82) is 0 Å². The van der Waals surface area contributed by atoms with Gasteiger partial charge in [0.15, 0.2) is 5.75 Å². The summed E-state index contributed by atoms with van der Waals surface area (Å²) >= 11 is 6.25. The van der Waals surface area contributed by atoms with Gasteiger partial charge >= 0.3 is 0 Å². The highest BCUT2D eigenvalue weighted by atomic mass is 35.5. The molecular weight excluding hydrogens is 454 g/mol. The second-order valence-electron chi connectivity index (χ2n) is 8.42. The number of aromatic amines is 1. The first kappa shape index (κ1) is 22.2. The van der Waals surface area contributed by atoms with Gasteiger partial charge in [0, 0.05) is 36.5 Å². The Labute approximate surface area is 201 Å². The number of ether oxygens (including phenoxy) is 1. The van der Waals surface area contributed by atoms with Crippen molar-refractivity contribution in [2.24, 2.45) is 5.73 Å². The van der Waals surface area contributed by atoms with E-state index in [9.17, 15) is 4.79 Å². The zero-order valence-electron chi connectivity index (χ0n) is 18.8. The number of H-pyrrole nitrogens is 1. The van der Waals surface area contributed by atoms with Gasteiger partial charge in [-0.3, -0.25) is 9.48 Å². The Morgan fingerprint density at radius 3 is 3.00 bits per heavy atom. The standard InChI is InChI=1S/C24H26ClN7O2/c1-34-20-11-28-23-21(22(20)31-8-4-6-17(26)14-31)19(10-27-23)30-24(33)16-9-29-32(13-16)12-15-5-2-3-7-18(15)25/h2-3,5,7,9-11,13,17H,4,6,8,12,14,26H2,1H3,(H,27,28)(H,30,33)/t17-/m1/s1. The highest BCUT2D eigenvalue weighted by Crippen LogP contribution is 2.40. The Morgan fingerprint density at radius 1 is 1.35 bits per heavy atom. The van der Waals surface area contributed by atoms with Crippen LogP contribution in [0.2, 0.25) is 5.02 Å². The number of carbonyl (C=O) groups excluding carboxylic acids is 1. The van der Waals surface area contributed by atoms with Crippen molar-refractivity contribution in [2.75, 3.05) is 30.4 Å². The Morgan fingerprint density at radius 2 is 2.21 bits per heavy atom. The first-order valence-corrected chi connectivity index (χ1v) is 11.5. The van der Waals surface area contributed by atoms with E-state index in [2.05, 4.69) is 25.3 Å². The number of fused-ring (bicyclic) bond motifs is 1. The number of piperidine rings is 1. The Hall–Kier alpha value is -3.56. The number of aromatic nitrogens is 4. The monoisotopic (exact) mass is 479 g/mol. The second-order valence-corrected chi connectivity index (χ2v) is 8.83. The van der Waals surface area contributed by atoms with E-state index in [0.717, 1.165) is 36.0 Å². The number of carbonyl (C=O) groups is 1. The van der Waals surface area contributed by atoms with Crippen molar-refractivity contribution in [3.05, 3.63) is 65.2 Å². The fraction of sp³-hybridized carbons (Fsp3) is 0.292. The van der Waals surface area contributed by atoms with Gasteiger partial charge in [-0.15, -0.1) is 0 Å². The predicted octanol–water partition coefficient (Wildman–Crippen LogP) is 3.65. The molecule has 1 aliphatic heterocycles. The van der Waals surface area contributed by atoms with Crippen molar-refractivity contribution in [2.45, 2.75) is 25.4 Å². The molecule has 0 unspecified atom stereocenters. The Bertz CT molecular complexity index is 1330. The van der Waals surface area contributed by atoms with Crippen LogP contribution in [-0.4, -0.2) is 51.9 Å². The van der Waals surface area contributed by atoms with Crippen molar-refractivity contribution in [3.8, 4) is 5.75 Å². The van der Waals surface area contributed by atoms with Crippen LogP contribution in [0.4, 0.5) is 11.4 Å². The number of hydrogen-bond acceptors (Lipinski definition) is 6. The quantitative estimate of drug-likeness (QED) is 0.389. The van der Waals surface area contributed by atoms with Gasteiger partial charge in [-0.2, -0.15) is 5.10 Å². The van der Waals surface area contributed by atoms with E-state index in [1.807, 2.05) is 24.3 Å². The average Bonchev–Trinajstić information content (AvgIpc) is 3.47. The molecule has 34 heavy (non-hydrogen) atoms. The van der Waals surface area contributed by atoms with Crippen LogP contribution < -0.4 is 20.7 Å². The lowest BCUT2D eigenvalue weighted by molar-refractivity contribution is 0.102. The van der Waals surface area contributed by atoms with Gasteiger partial charge in [0.1, 0.15) is 5.65 Å². The van der Waals surface area contributed by atoms with Crippen molar-refractivity contribution in [3.63, 3.8) is 0 Å². The molecule has 4 heterocycles. The number of hydrogen-bond donors (Lipinski definition) is 3.